The van der Waals surface area contributed by atoms with Crippen molar-refractivity contribution in [1.29, 1.82) is 0 Å². The number of thiophene rings is 1. The van der Waals surface area contributed by atoms with Gasteiger partial charge in [0.25, 0.3) is 5.91 Å². The van der Waals surface area contributed by atoms with Gasteiger partial charge in [-0.2, -0.15) is 8.78 Å². The fourth-order valence-electron chi connectivity index (χ4n) is 1.94. The van der Waals surface area contributed by atoms with Crippen molar-refractivity contribution in [2.75, 3.05) is 6.54 Å². The average molecular weight is 355 g/mol. The molecule has 1 heterocycles. The number of benzene rings is 1. The second-order valence-corrected chi connectivity index (χ2v) is 5.90. The van der Waals surface area contributed by atoms with Crippen molar-refractivity contribution in [3.63, 3.8) is 0 Å². The normalized spacial score (nSPS) is 10.6. The number of rotatable bonds is 8. The summed E-state index contributed by atoms with van der Waals surface area (Å²) in [5, 5.41) is 11.2. The summed E-state index contributed by atoms with van der Waals surface area (Å²) in [5.74, 6) is -1.10. The lowest BCUT2D eigenvalue weighted by atomic mass is 10.2. The van der Waals surface area contributed by atoms with E-state index in [0.717, 1.165) is 10.4 Å². The molecule has 2 N–H and O–H groups in total. The number of carbonyl (C=O) groups is 2. The van der Waals surface area contributed by atoms with Crippen LogP contribution in [0.1, 0.15) is 22.5 Å². The second-order valence-electron chi connectivity index (χ2n) is 4.82. The predicted molar refractivity (Wildman–Crippen MR) is 85.6 cm³/mol. The Kier molecular flexibility index (Phi) is 6.25. The van der Waals surface area contributed by atoms with Gasteiger partial charge in [-0.1, -0.05) is 0 Å². The molecule has 0 saturated carbocycles. The van der Waals surface area contributed by atoms with Crippen molar-refractivity contribution in [3.8, 4) is 16.2 Å². The quantitative estimate of drug-likeness (QED) is 0.709. The van der Waals surface area contributed by atoms with Crippen molar-refractivity contribution in [1.82, 2.24) is 5.32 Å². The Balaban J connectivity index is 1.94. The minimum atomic E-state index is -2.87. The first kappa shape index (κ1) is 17.9. The molecular weight excluding hydrogens is 340 g/mol. The summed E-state index contributed by atoms with van der Waals surface area (Å²) in [5.41, 5.74) is 0.784. The van der Waals surface area contributed by atoms with Crippen LogP contribution in [0.25, 0.3) is 10.4 Å². The Morgan fingerprint density at radius 2 is 1.88 bits per heavy atom. The third kappa shape index (κ3) is 5.31. The fraction of sp³-hybridized carbons (Fsp3) is 0.250. The zero-order valence-electron chi connectivity index (χ0n) is 12.5. The first-order valence-electron chi connectivity index (χ1n) is 7.11. The number of hydrogen-bond donors (Lipinski definition) is 2. The molecule has 0 spiro atoms. The van der Waals surface area contributed by atoms with E-state index in [2.05, 4.69) is 10.1 Å². The van der Waals surface area contributed by atoms with E-state index in [0.29, 0.717) is 11.3 Å². The maximum absolute atomic E-state index is 12.1. The Hall–Kier alpha value is -2.48. The highest BCUT2D eigenvalue weighted by molar-refractivity contribution is 7.17. The molecule has 0 aliphatic rings. The standard InChI is InChI=1S/C16H15F2NO4S/c17-16(18)23-11-5-3-10(4-6-11)12-7-8-13(24-12)15(22)19-9-1-2-14(20)21/h3-8,16H,1-2,9H2,(H,19,22)(H,20,21). The molecule has 0 saturated heterocycles. The average Bonchev–Trinajstić information content (AvgIpc) is 3.01. The fourth-order valence-corrected chi connectivity index (χ4v) is 2.87. The number of carbonyl (C=O) groups excluding carboxylic acids is 1. The Labute approximate surface area is 140 Å². The molecule has 2 rings (SSSR count). The lowest BCUT2D eigenvalue weighted by Crippen LogP contribution is -2.23. The Bertz CT molecular complexity index is 700. The molecule has 1 aromatic heterocycles. The zero-order valence-corrected chi connectivity index (χ0v) is 13.3. The number of halogens is 2. The summed E-state index contributed by atoms with van der Waals surface area (Å²) in [6, 6.07) is 9.58. The smallest absolute Gasteiger partial charge is 0.387 e. The van der Waals surface area contributed by atoms with Crippen molar-refractivity contribution in [2.24, 2.45) is 0 Å². The summed E-state index contributed by atoms with van der Waals surface area (Å²) < 4.78 is 28.5. The zero-order chi connectivity index (χ0) is 17.5. The SMILES string of the molecule is O=C(O)CCCNC(=O)c1ccc(-c2ccc(OC(F)F)cc2)s1. The highest BCUT2D eigenvalue weighted by atomic mass is 32.1. The molecule has 0 bridgehead atoms. The minimum Gasteiger partial charge on any atom is -0.481 e. The van der Waals surface area contributed by atoms with E-state index >= 15 is 0 Å². The molecule has 0 aliphatic carbocycles. The third-order valence-corrected chi connectivity index (χ3v) is 4.18. The van der Waals surface area contributed by atoms with E-state index in [1.807, 2.05) is 0 Å². The van der Waals surface area contributed by atoms with Gasteiger partial charge in [-0.15, -0.1) is 11.3 Å². The topological polar surface area (TPSA) is 75.6 Å². The van der Waals surface area contributed by atoms with Crippen molar-refractivity contribution < 1.29 is 28.2 Å². The molecule has 1 amide bonds. The lowest BCUT2D eigenvalue weighted by molar-refractivity contribution is -0.137. The number of nitrogens with one attached hydrogen (secondary N) is 1. The van der Waals surface area contributed by atoms with Crippen LogP contribution in [0.2, 0.25) is 0 Å². The van der Waals surface area contributed by atoms with E-state index in [1.165, 1.54) is 23.5 Å². The van der Waals surface area contributed by atoms with Crippen LogP contribution in [-0.4, -0.2) is 30.1 Å². The summed E-state index contributed by atoms with van der Waals surface area (Å²) in [6.07, 6.45) is 0.369. The molecule has 0 radical (unpaired) electrons. The van der Waals surface area contributed by atoms with Gasteiger partial charge in [0, 0.05) is 17.8 Å². The number of ether oxygens (including phenoxy) is 1. The number of amides is 1. The van der Waals surface area contributed by atoms with Gasteiger partial charge in [-0.05, 0) is 48.4 Å². The van der Waals surface area contributed by atoms with Gasteiger partial charge in [-0.3, -0.25) is 9.59 Å². The first-order chi connectivity index (χ1) is 11.5. The molecule has 2 aromatic rings. The molecule has 5 nitrogen and oxygen atoms in total. The largest absolute Gasteiger partial charge is 0.481 e. The molecule has 1 aromatic carbocycles. The van der Waals surface area contributed by atoms with Crippen LogP contribution >= 0.6 is 11.3 Å². The van der Waals surface area contributed by atoms with Crippen LogP contribution in [-0.2, 0) is 4.79 Å². The summed E-state index contributed by atoms with van der Waals surface area (Å²) in [6.45, 7) is -2.58. The summed E-state index contributed by atoms with van der Waals surface area (Å²) >= 11 is 1.26. The van der Waals surface area contributed by atoms with Gasteiger partial charge < -0.3 is 15.2 Å². The predicted octanol–water partition coefficient (Wildman–Crippen LogP) is 3.61. The second kappa shape index (κ2) is 8.39. The van der Waals surface area contributed by atoms with Crippen LogP contribution < -0.4 is 10.1 Å². The molecule has 24 heavy (non-hydrogen) atoms. The van der Waals surface area contributed by atoms with Gasteiger partial charge in [0.1, 0.15) is 5.75 Å². The van der Waals surface area contributed by atoms with E-state index in [1.54, 1.807) is 24.3 Å². The molecule has 0 atom stereocenters. The molecule has 0 unspecified atom stereocenters. The Morgan fingerprint density at radius 3 is 2.50 bits per heavy atom. The molecule has 0 aliphatic heterocycles. The first-order valence-corrected chi connectivity index (χ1v) is 7.92. The van der Waals surface area contributed by atoms with Gasteiger partial charge in [0.05, 0.1) is 4.88 Å². The van der Waals surface area contributed by atoms with E-state index in [9.17, 15) is 18.4 Å². The number of hydrogen-bond acceptors (Lipinski definition) is 4. The van der Waals surface area contributed by atoms with Crippen LogP contribution in [0, 0.1) is 0 Å². The van der Waals surface area contributed by atoms with Crippen molar-refractivity contribution in [2.45, 2.75) is 19.5 Å². The van der Waals surface area contributed by atoms with Gasteiger partial charge in [-0.25, -0.2) is 0 Å². The van der Waals surface area contributed by atoms with Gasteiger partial charge in [0.2, 0.25) is 0 Å². The van der Waals surface area contributed by atoms with Crippen LogP contribution in [0.4, 0.5) is 8.78 Å². The molecule has 128 valence electrons. The number of aliphatic carboxylic acids is 1. The highest BCUT2D eigenvalue weighted by Gasteiger charge is 2.11. The van der Waals surface area contributed by atoms with Gasteiger partial charge >= 0.3 is 12.6 Å². The summed E-state index contributed by atoms with van der Waals surface area (Å²) in [4.78, 5) is 23.7. The van der Waals surface area contributed by atoms with E-state index < -0.39 is 12.6 Å². The van der Waals surface area contributed by atoms with Crippen LogP contribution in [0.5, 0.6) is 5.75 Å². The number of alkyl halides is 2. The van der Waals surface area contributed by atoms with Crippen molar-refractivity contribution in [3.05, 3.63) is 41.3 Å². The van der Waals surface area contributed by atoms with Crippen LogP contribution in [0.15, 0.2) is 36.4 Å². The monoisotopic (exact) mass is 355 g/mol. The van der Waals surface area contributed by atoms with E-state index in [4.69, 9.17) is 5.11 Å². The maximum Gasteiger partial charge on any atom is 0.387 e. The lowest BCUT2D eigenvalue weighted by Gasteiger charge is -2.04. The minimum absolute atomic E-state index is 0.00298. The van der Waals surface area contributed by atoms with E-state index in [-0.39, 0.29) is 24.6 Å². The third-order valence-electron chi connectivity index (χ3n) is 3.05. The number of carboxylic acids is 1. The molecule has 8 heteroatoms. The van der Waals surface area contributed by atoms with Gasteiger partial charge in [0.15, 0.2) is 0 Å². The van der Waals surface area contributed by atoms with Crippen LogP contribution in [0.3, 0.4) is 0 Å². The Morgan fingerprint density at radius 1 is 1.17 bits per heavy atom. The summed E-state index contributed by atoms with van der Waals surface area (Å²) in [7, 11) is 0. The number of carboxylic acid groups (broad SMARTS) is 1. The molecule has 0 fully saturated rings. The maximum atomic E-state index is 12.1. The molecular formula is C16H15F2NO4S. The van der Waals surface area contributed by atoms with Crippen molar-refractivity contribution >= 4 is 23.2 Å². The highest BCUT2D eigenvalue weighted by Crippen LogP contribution is 2.29.